The Morgan fingerprint density at radius 2 is 1.71 bits per heavy atom. The van der Waals surface area contributed by atoms with E-state index in [2.05, 4.69) is 20.6 Å². The molecule has 0 aliphatic heterocycles. The van der Waals surface area contributed by atoms with Crippen molar-refractivity contribution in [2.75, 3.05) is 23.7 Å². The van der Waals surface area contributed by atoms with Crippen LogP contribution in [-0.2, 0) is 0 Å². The topological polar surface area (TPSA) is 49.8 Å². The third-order valence-electron chi connectivity index (χ3n) is 2.64. The van der Waals surface area contributed by atoms with Crippen molar-refractivity contribution in [1.82, 2.24) is 9.97 Å². The Hall–Kier alpha value is -1.60. The summed E-state index contributed by atoms with van der Waals surface area (Å²) in [6.07, 6.45) is -2.85. The van der Waals surface area contributed by atoms with Crippen LogP contribution in [-0.4, -0.2) is 35.4 Å². The average Bonchev–Trinajstić information content (AvgIpc) is 2.42. The molecule has 0 saturated carbocycles. The number of aromatic nitrogens is 2. The molecule has 0 aromatic carbocycles. The van der Waals surface area contributed by atoms with Gasteiger partial charge in [0.1, 0.15) is 17.5 Å². The van der Waals surface area contributed by atoms with Gasteiger partial charge in [0.2, 0.25) is 0 Å². The highest BCUT2D eigenvalue weighted by molar-refractivity contribution is 5.48. The molecule has 1 aromatic rings. The van der Waals surface area contributed by atoms with E-state index in [0.29, 0.717) is 18.2 Å². The van der Waals surface area contributed by atoms with Gasteiger partial charge in [0.05, 0.1) is 6.54 Å². The maximum absolute atomic E-state index is 12.9. The maximum atomic E-state index is 12.9. The zero-order valence-electron chi connectivity index (χ0n) is 12.3. The molecule has 21 heavy (non-hydrogen) atoms. The summed E-state index contributed by atoms with van der Waals surface area (Å²) in [6, 6.07) is 1.43. The van der Waals surface area contributed by atoms with Gasteiger partial charge in [-0.05, 0) is 6.42 Å². The second kappa shape index (κ2) is 7.42. The van der Waals surface area contributed by atoms with Gasteiger partial charge < -0.3 is 10.6 Å². The lowest BCUT2D eigenvalue weighted by Crippen LogP contribution is -2.35. The molecule has 0 radical (unpaired) electrons. The molecule has 120 valence electrons. The van der Waals surface area contributed by atoms with Crippen molar-refractivity contribution in [3.8, 4) is 0 Å². The van der Waals surface area contributed by atoms with Gasteiger partial charge in [-0.1, -0.05) is 20.8 Å². The lowest BCUT2D eigenvalue weighted by atomic mass is 10.2. The van der Waals surface area contributed by atoms with Gasteiger partial charge >= 0.3 is 12.3 Å². The Morgan fingerprint density at radius 1 is 1.14 bits per heavy atom. The van der Waals surface area contributed by atoms with Crippen LogP contribution in [0.1, 0.15) is 38.9 Å². The van der Waals surface area contributed by atoms with Gasteiger partial charge in [-0.3, -0.25) is 0 Å². The van der Waals surface area contributed by atoms with Gasteiger partial charge in [0.15, 0.2) is 0 Å². The highest BCUT2D eigenvalue weighted by atomic mass is 19.3. The van der Waals surface area contributed by atoms with E-state index < -0.39 is 18.9 Å². The summed E-state index contributed by atoms with van der Waals surface area (Å²) in [5.41, 5.74) is 0. The van der Waals surface area contributed by atoms with Crippen LogP contribution in [0, 0.1) is 0 Å². The second-order valence-electron chi connectivity index (χ2n) is 4.99. The maximum Gasteiger partial charge on any atom is 0.324 e. The first-order valence-electron chi connectivity index (χ1n) is 6.79. The van der Waals surface area contributed by atoms with Gasteiger partial charge in [-0.25, -0.2) is 18.7 Å². The first-order chi connectivity index (χ1) is 9.76. The molecule has 0 fully saturated rings. The summed E-state index contributed by atoms with van der Waals surface area (Å²) in [4.78, 5) is 8.32. The standard InChI is InChI=1S/C13H20F4N4/c1-4-5-18-9-6-10(21-11(20-9)8(2)3)19-7-13(16,17)12(14)15/h6,8,12H,4-5,7H2,1-3H3,(H2,18,19,20,21). The normalized spacial score (nSPS) is 12.0. The fourth-order valence-corrected chi connectivity index (χ4v) is 1.44. The molecule has 0 aliphatic carbocycles. The van der Waals surface area contributed by atoms with E-state index in [1.807, 2.05) is 20.8 Å². The second-order valence-corrected chi connectivity index (χ2v) is 4.99. The van der Waals surface area contributed by atoms with Crippen LogP contribution in [0.15, 0.2) is 6.07 Å². The number of nitrogens with zero attached hydrogens (tertiary/aromatic N) is 2. The number of halogens is 4. The molecule has 2 N–H and O–H groups in total. The summed E-state index contributed by atoms with van der Waals surface area (Å²) in [7, 11) is 0. The lowest BCUT2D eigenvalue weighted by molar-refractivity contribution is -0.117. The highest BCUT2D eigenvalue weighted by Crippen LogP contribution is 2.24. The largest absolute Gasteiger partial charge is 0.370 e. The highest BCUT2D eigenvalue weighted by Gasteiger charge is 2.40. The SMILES string of the molecule is CCCNc1cc(NCC(F)(F)C(F)F)nc(C(C)C)n1. The summed E-state index contributed by atoms with van der Waals surface area (Å²) >= 11 is 0. The van der Waals surface area contributed by atoms with Crippen molar-refractivity contribution in [1.29, 1.82) is 0 Å². The van der Waals surface area contributed by atoms with Gasteiger partial charge in [-0.2, -0.15) is 8.78 Å². The van der Waals surface area contributed by atoms with Crippen LogP contribution in [0.25, 0.3) is 0 Å². The Kier molecular flexibility index (Phi) is 6.17. The monoisotopic (exact) mass is 308 g/mol. The first kappa shape index (κ1) is 17.5. The molecular formula is C13H20F4N4. The van der Waals surface area contributed by atoms with Crippen LogP contribution in [0.3, 0.4) is 0 Å². The molecule has 0 saturated heterocycles. The van der Waals surface area contributed by atoms with Crippen molar-refractivity contribution in [3.63, 3.8) is 0 Å². The van der Waals surface area contributed by atoms with Crippen LogP contribution < -0.4 is 10.6 Å². The minimum absolute atomic E-state index is 0.00969. The van der Waals surface area contributed by atoms with Gasteiger partial charge in [0.25, 0.3) is 0 Å². The summed E-state index contributed by atoms with van der Waals surface area (Å²) < 4.78 is 50.1. The van der Waals surface area contributed by atoms with Gasteiger partial charge in [-0.15, -0.1) is 0 Å². The fourth-order valence-electron chi connectivity index (χ4n) is 1.44. The summed E-state index contributed by atoms with van der Waals surface area (Å²) in [5, 5.41) is 5.28. The third-order valence-corrected chi connectivity index (χ3v) is 2.64. The zero-order valence-corrected chi connectivity index (χ0v) is 12.3. The number of alkyl halides is 4. The van der Waals surface area contributed by atoms with E-state index in [9.17, 15) is 17.6 Å². The van der Waals surface area contributed by atoms with E-state index in [0.717, 1.165) is 6.42 Å². The molecule has 1 aromatic heterocycles. The Balaban J connectivity index is 2.87. The molecule has 0 unspecified atom stereocenters. The van der Waals surface area contributed by atoms with Crippen molar-refractivity contribution >= 4 is 11.6 Å². The smallest absolute Gasteiger partial charge is 0.324 e. The van der Waals surface area contributed by atoms with Crippen LogP contribution in [0.5, 0.6) is 0 Å². The molecule has 0 aliphatic rings. The van der Waals surface area contributed by atoms with Crippen LogP contribution in [0.4, 0.5) is 29.2 Å². The van der Waals surface area contributed by atoms with Crippen molar-refractivity contribution in [3.05, 3.63) is 11.9 Å². The van der Waals surface area contributed by atoms with E-state index in [1.165, 1.54) is 6.07 Å². The number of hydrogen-bond donors (Lipinski definition) is 2. The predicted molar refractivity (Wildman–Crippen MR) is 74.3 cm³/mol. The van der Waals surface area contributed by atoms with E-state index in [4.69, 9.17) is 0 Å². The van der Waals surface area contributed by atoms with Crippen molar-refractivity contribution < 1.29 is 17.6 Å². The third kappa shape index (κ3) is 5.35. The Labute approximate surface area is 121 Å². The number of hydrogen-bond acceptors (Lipinski definition) is 4. The molecule has 0 atom stereocenters. The Bertz CT molecular complexity index is 452. The zero-order chi connectivity index (χ0) is 16.0. The molecule has 0 amide bonds. The molecule has 1 heterocycles. The van der Waals surface area contributed by atoms with Crippen molar-refractivity contribution in [2.45, 2.75) is 45.5 Å². The minimum Gasteiger partial charge on any atom is -0.370 e. The number of rotatable bonds is 8. The first-order valence-corrected chi connectivity index (χ1v) is 6.79. The minimum atomic E-state index is -4.10. The average molecular weight is 308 g/mol. The predicted octanol–water partition coefficient (Wildman–Crippen LogP) is 3.73. The molecule has 1 rings (SSSR count). The summed E-state index contributed by atoms with van der Waals surface area (Å²) in [5.74, 6) is -3.06. The molecule has 4 nitrogen and oxygen atoms in total. The Morgan fingerprint density at radius 3 is 2.19 bits per heavy atom. The van der Waals surface area contributed by atoms with E-state index in [-0.39, 0.29) is 11.7 Å². The lowest BCUT2D eigenvalue weighted by Gasteiger charge is -2.17. The molecule has 0 bridgehead atoms. The van der Waals surface area contributed by atoms with Crippen molar-refractivity contribution in [2.24, 2.45) is 0 Å². The number of anilines is 2. The fraction of sp³-hybridized carbons (Fsp3) is 0.692. The van der Waals surface area contributed by atoms with Gasteiger partial charge in [0, 0.05) is 18.5 Å². The van der Waals surface area contributed by atoms with E-state index >= 15 is 0 Å². The van der Waals surface area contributed by atoms with Crippen LogP contribution >= 0.6 is 0 Å². The molecular weight excluding hydrogens is 288 g/mol. The van der Waals surface area contributed by atoms with E-state index in [1.54, 1.807) is 0 Å². The summed E-state index contributed by atoms with van der Waals surface area (Å²) in [6.45, 7) is 5.18. The van der Waals surface area contributed by atoms with Crippen LogP contribution in [0.2, 0.25) is 0 Å². The molecule has 0 spiro atoms. The number of nitrogens with one attached hydrogen (secondary N) is 2. The molecule has 8 heteroatoms. The quantitative estimate of drug-likeness (QED) is 0.718.